The van der Waals surface area contributed by atoms with E-state index in [0.29, 0.717) is 6.54 Å². The molecule has 0 aliphatic rings. The Bertz CT molecular complexity index is 511. The minimum absolute atomic E-state index is 0.122. The van der Waals surface area contributed by atoms with E-state index < -0.39 is 5.82 Å². The number of hydrogen-bond donors (Lipinski definition) is 1. The van der Waals surface area contributed by atoms with Gasteiger partial charge in [-0.15, -0.1) is 0 Å². The Labute approximate surface area is 104 Å². The molecule has 0 fully saturated rings. The summed E-state index contributed by atoms with van der Waals surface area (Å²) in [6, 6.07) is 8.52. The van der Waals surface area contributed by atoms with Crippen molar-refractivity contribution in [1.82, 2.24) is 4.98 Å². The highest BCUT2D eigenvalue weighted by atomic mass is 35.5. The molecule has 0 radical (unpaired) electrons. The van der Waals surface area contributed by atoms with Gasteiger partial charge in [-0.25, -0.2) is 4.39 Å². The van der Waals surface area contributed by atoms with Crippen molar-refractivity contribution in [2.45, 2.75) is 13.5 Å². The van der Waals surface area contributed by atoms with Gasteiger partial charge >= 0.3 is 0 Å². The molecule has 0 saturated heterocycles. The third kappa shape index (κ3) is 3.17. The maximum absolute atomic E-state index is 12.9. The molecule has 0 bridgehead atoms. The van der Waals surface area contributed by atoms with Crippen molar-refractivity contribution in [2.24, 2.45) is 0 Å². The summed E-state index contributed by atoms with van der Waals surface area (Å²) in [5, 5.41) is 3.28. The molecular formula is C13H12ClFN2. The number of hydrogen-bond acceptors (Lipinski definition) is 2. The summed E-state index contributed by atoms with van der Waals surface area (Å²) in [5.41, 5.74) is 2.84. The summed E-state index contributed by atoms with van der Waals surface area (Å²) in [4.78, 5) is 4.20. The van der Waals surface area contributed by atoms with Gasteiger partial charge in [-0.1, -0.05) is 17.7 Å². The normalized spacial score (nSPS) is 10.3. The topological polar surface area (TPSA) is 24.9 Å². The molecule has 0 amide bonds. The van der Waals surface area contributed by atoms with E-state index in [9.17, 15) is 4.39 Å². The second kappa shape index (κ2) is 5.15. The van der Waals surface area contributed by atoms with Gasteiger partial charge in [0, 0.05) is 24.1 Å². The van der Waals surface area contributed by atoms with Crippen LogP contribution in [0.2, 0.25) is 5.02 Å². The van der Waals surface area contributed by atoms with Crippen LogP contribution in [0.25, 0.3) is 0 Å². The van der Waals surface area contributed by atoms with Crippen LogP contribution in [0.3, 0.4) is 0 Å². The van der Waals surface area contributed by atoms with E-state index in [1.54, 1.807) is 12.1 Å². The Kier molecular flexibility index (Phi) is 3.59. The summed E-state index contributed by atoms with van der Waals surface area (Å²) >= 11 is 5.69. The van der Waals surface area contributed by atoms with Crippen molar-refractivity contribution in [2.75, 3.05) is 5.32 Å². The van der Waals surface area contributed by atoms with E-state index >= 15 is 0 Å². The molecule has 1 aromatic carbocycles. The molecule has 4 heteroatoms. The number of anilines is 1. The number of pyridine rings is 1. The molecule has 2 rings (SSSR count). The average molecular weight is 251 g/mol. The van der Waals surface area contributed by atoms with Gasteiger partial charge in [0.05, 0.1) is 5.02 Å². The van der Waals surface area contributed by atoms with Crippen molar-refractivity contribution < 1.29 is 4.39 Å². The molecular weight excluding hydrogens is 239 g/mol. The van der Waals surface area contributed by atoms with Gasteiger partial charge in [-0.2, -0.15) is 0 Å². The van der Waals surface area contributed by atoms with Crippen molar-refractivity contribution >= 4 is 17.3 Å². The van der Waals surface area contributed by atoms with Gasteiger partial charge in [-0.3, -0.25) is 4.98 Å². The highest BCUT2D eigenvalue weighted by Gasteiger charge is 2.00. The second-order valence-corrected chi connectivity index (χ2v) is 4.20. The number of aromatic nitrogens is 1. The van der Waals surface area contributed by atoms with Crippen molar-refractivity contribution in [3.05, 3.63) is 58.6 Å². The number of halogens is 2. The van der Waals surface area contributed by atoms with Gasteiger partial charge in [0.2, 0.25) is 0 Å². The summed E-state index contributed by atoms with van der Waals surface area (Å²) in [5.74, 6) is -0.408. The first-order chi connectivity index (χ1) is 8.15. The lowest BCUT2D eigenvalue weighted by Crippen LogP contribution is -2.00. The second-order valence-electron chi connectivity index (χ2n) is 3.79. The predicted octanol–water partition coefficient (Wildman–Crippen LogP) is 3.79. The maximum Gasteiger partial charge on any atom is 0.141 e. The third-order valence-corrected chi connectivity index (χ3v) is 2.68. The largest absolute Gasteiger partial charge is 0.381 e. The minimum atomic E-state index is -0.408. The van der Waals surface area contributed by atoms with Crippen molar-refractivity contribution in [3.63, 3.8) is 0 Å². The van der Waals surface area contributed by atoms with Gasteiger partial charge in [0.15, 0.2) is 0 Å². The van der Waals surface area contributed by atoms with Crippen LogP contribution in [-0.2, 0) is 6.54 Å². The predicted molar refractivity (Wildman–Crippen MR) is 67.7 cm³/mol. The van der Waals surface area contributed by atoms with E-state index in [1.165, 1.54) is 6.07 Å². The molecule has 0 atom stereocenters. The van der Waals surface area contributed by atoms with Crippen LogP contribution in [0.15, 0.2) is 36.5 Å². The molecule has 0 aliphatic heterocycles. The maximum atomic E-state index is 12.9. The van der Waals surface area contributed by atoms with E-state index in [4.69, 9.17) is 11.6 Å². The molecule has 88 valence electrons. The van der Waals surface area contributed by atoms with Crippen LogP contribution < -0.4 is 5.32 Å². The quantitative estimate of drug-likeness (QED) is 0.896. The molecule has 0 aliphatic carbocycles. The molecule has 2 aromatic rings. The standard InChI is InChI=1S/C13H12ClFN2/c1-9-2-3-10(7-16-9)8-17-11-4-5-13(15)12(14)6-11/h2-7,17H,8H2,1H3. The lowest BCUT2D eigenvalue weighted by molar-refractivity contribution is 0.628. The smallest absolute Gasteiger partial charge is 0.141 e. The van der Waals surface area contributed by atoms with E-state index in [-0.39, 0.29) is 5.02 Å². The minimum Gasteiger partial charge on any atom is -0.381 e. The molecule has 2 nitrogen and oxygen atoms in total. The zero-order chi connectivity index (χ0) is 12.3. The molecule has 1 aromatic heterocycles. The number of nitrogens with one attached hydrogen (secondary N) is 1. The van der Waals surface area contributed by atoms with Crippen molar-refractivity contribution in [3.8, 4) is 0 Å². The van der Waals surface area contributed by atoms with Crippen molar-refractivity contribution in [1.29, 1.82) is 0 Å². The van der Waals surface area contributed by atoms with Crippen LogP contribution in [0.5, 0.6) is 0 Å². The molecule has 0 unspecified atom stereocenters. The average Bonchev–Trinajstić information content (AvgIpc) is 2.33. The molecule has 17 heavy (non-hydrogen) atoms. The molecule has 0 spiro atoms. The Morgan fingerprint density at radius 2 is 2.12 bits per heavy atom. The first kappa shape index (κ1) is 11.9. The van der Waals surface area contributed by atoms with Gasteiger partial charge in [0.25, 0.3) is 0 Å². The van der Waals surface area contributed by atoms with Gasteiger partial charge in [-0.05, 0) is 36.8 Å². The Morgan fingerprint density at radius 3 is 2.76 bits per heavy atom. The highest BCUT2D eigenvalue weighted by Crippen LogP contribution is 2.19. The zero-order valence-electron chi connectivity index (χ0n) is 9.37. The Hall–Kier alpha value is -1.61. The van der Waals surface area contributed by atoms with Crippen LogP contribution in [0, 0.1) is 12.7 Å². The number of aryl methyl sites for hydroxylation is 1. The zero-order valence-corrected chi connectivity index (χ0v) is 10.1. The number of nitrogens with zero attached hydrogens (tertiary/aromatic N) is 1. The Balaban J connectivity index is 2.02. The lowest BCUT2D eigenvalue weighted by atomic mass is 10.2. The fraction of sp³-hybridized carbons (Fsp3) is 0.154. The summed E-state index contributed by atoms with van der Waals surface area (Å²) in [7, 11) is 0. The summed E-state index contributed by atoms with van der Waals surface area (Å²) < 4.78 is 12.9. The Morgan fingerprint density at radius 1 is 1.29 bits per heavy atom. The highest BCUT2D eigenvalue weighted by molar-refractivity contribution is 6.31. The summed E-state index contributed by atoms with van der Waals surface area (Å²) in [6.07, 6.45) is 1.81. The van der Waals surface area contributed by atoms with Crippen LogP contribution in [0.1, 0.15) is 11.3 Å². The third-order valence-electron chi connectivity index (χ3n) is 2.39. The monoisotopic (exact) mass is 250 g/mol. The summed E-state index contributed by atoms with van der Waals surface area (Å²) in [6.45, 7) is 2.58. The molecule has 1 heterocycles. The first-order valence-corrected chi connectivity index (χ1v) is 5.63. The fourth-order valence-electron chi connectivity index (χ4n) is 1.41. The SMILES string of the molecule is Cc1ccc(CNc2ccc(F)c(Cl)c2)cn1. The van der Waals surface area contributed by atoms with Crippen LogP contribution in [0.4, 0.5) is 10.1 Å². The van der Waals surface area contributed by atoms with Gasteiger partial charge in [0.1, 0.15) is 5.82 Å². The number of rotatable bonds is 3. The van der Waals surface area contributed by atoms with E-state index in [0.717, 1.165) is 16.9 Å². The van der Waals surface area contributed by atoms with Gasteiger partial charge < -0.3 is 5.32 Å². The number of benzene rings is 1. The van der Waals surface area contributed by atoms with E-state index in [1.807, 2.05) is 25.3 Å². The fourth-order valence-corrected chi connectivity index (χ4v) is 1.59. The van der Waals surface area contributed by atoms with Crippen LogP contribution in [-0.4, -0.2) is 4.98 Å². The molecule has 0 saturated carbocycles. The van der Waals surface area contributed by atoms with E-state index in [2.05, 4.69) is 10.3 Å². The lowest BCUT2D eigenvalue weighted by Gasteiger charge is -2.07. The van der Waals surface area contributed by atoms with Crippen LogP contribution >= 0.6 is 11.6 Å². The first-order valence-electron chi connectivity index (χ1n) is 5.25. The molecule has 1 N–H and O–H groups in total.